The molecule has 0 aliphatic rings. The molecule has 0 saturated heterocycles. The lowest BCUT2D eigenvalue weighted by Gasteiger charge is -2.07. The van der Waals surface area contributed by atoms with E-state index in [0.29, 0.717) is 5.56 Å². The van der Waals surface area contributed by atoms with Crippen molar-refractivity contribution in [1.29, 1.82) is 0 Å². The third kappa shape index (κ3) is 3.47. The molecule has 104 valence electrons. The molecule has 2 aromatic carbocycles. The molecule has 5 heteroatoms. The standard InChI is InChI=1S/C15H16N2O3/c1-11-10-13(4-7-15(11)17(19)20)16-9-8-12-2-5-14(18)6-3-12/h2-7,10,16,18H,8-9H2,1H3. The Morgan fingerprint density at radius 3 is 2.50 bits per heavy atom. The normalized spacial score (nSPS) is 10.2. The fourth-order valence-electron chi connectivity index (χ4n) is 1.98. The van der Waals surface area contributed by atoms with Crippen molar-refractivity contribution in [3.63, 3.8) is 0 Å². The van der Waals surface area contributed by atoms with E-state index in [1.165, 1.54) is 6.07 Å². The Morgan fingerprint density at radius 1 is 1.20 bits per heavy atom. The van der Waals surface area contributed by atoms with Gasteiger partial charge in [0.1, 0.15) is 5.75 Å². The van der Waals surface area contributed by atoms with Crippen LogP contribution < -0.4 is 5.32 Å². The molecule has 0 amide bonds. The van der Waals surface area contributed by atoms with Crippen LogP contribution in [0.1, 0.15) is 11.1 Å². The number of hydrogen-bond acceptors (Lipinski definition) is 4. The number of nitrogens with one attached hydrogen (secondary N) is 1. The van der Waals surface area contributed by atoms with Crippen molar-refractivity contribution in [2.45, 2.75) is 13.3 Å². The lowest BCUT2D eigenvalue weighted by atomic mass is 10.1. The Kier molecular flexibility index (Phi) is 4.20. The minimum Gasteiger partial charge on any atom is -0.508 e. The van der Waals surface area contributed by atoms with Gasteiger partial charge in [-0.25, -0.2) is 0 Å². The number of aryl methyl sites for hydroxylation is 1. The molecule has 0 fully saturated rings. The highest BCUT2D eigenvalue weighted by Crippen LogP contribution is 2.21. The van der Waals surface area contributed by atoms with Crippen LogP contribution in [0.4, 0.5) is 11.4 Å². The van der Waals surface area contributed by atoms with Crippen molar-refractivity contribution in [1.82, 2.24) is 0 Å². The minimum atomic E-state index is -0.379. The number of rotatable bonds is 5. The van der Waals surface area contributed by atoms with E-state index in [2.05, 4.69) is 5.32 Å². The number of nitrogens with zero attached hydrogens (tertiary/aromatic N) is 1. The summed E-state index contributed by atoms with van der Waals surface area (Å²) in [6.07, 6.45) is 0.816. The fourth-order valence-corrected chi connectivity index (χ4v) is 1.98. The molecule has 0 aliphatic heterocycles. The zero-order chi connectivity index (χ0) is 14.5. The first-order chi connectivity index (χ1) is 9.56. The van der Waals surface area contributed by atoms with E-state index in [0.717, 1.165) is 24.2 Å². The fraction of sp³-hybridized carbons (Fsp3) is 0.200. The molecule has 0 heterocycles. The summed E-state index contributed by atoms with van der Waals surface area (Å²) in [5.41, 5.74) is 2.76. The van der Waals surface area contributed by atoms with E-state index in [4.69, 9.17) is 0 Å². The maximum atomic E-state index is 10.7. The summed E-state index contributed by atoms with van der Waals surface area (Å²) < 4.78 is 0. The Bertz CT molecular complexity index is 609. The molecule has 0 saturated carbocycles. The molecule has 2 aromatic rings. The largest absolute Gasteiger partial charge is 0.508 e. The van der Waals surface area contributed by atoms with Gasteiger partial charge in [-0.3, -0.25) is 10.1 Å². The number of phenols is 1. The Hall–Kier alpha value is -2.56. The molecule has 0 spiro atoms. The second-order valence-electron chi connectivity index (χ2n) is 4.60. The van der Waals surface area contributed by atoms with Gasteiger partial charge in [0.15, 0.2) is 0 Å². The highest BCUT2D eigenvalue weighted by atomic mass is 16.6. The first-order valence-corrected chi connectivity index (χ1v) is 6.33. The van der Waals surface area contributed by atoms with E-state index >= 15 is 0 Å². The van der Waals surface area contributed by atoms with E-state index in [1.54, 1.807) is 31.2 Å². The molecule has 0 radical (unpaired) electrons. The van der Waals surface area contributed by atoms with Gasteiger partial charge >= 0.3 is 0 Å². The predicted molar refractivity (Wildman–Crippen MR) is 78.1 cm³/mol. The molecule has 0 aromatic heterocycles. The lowest BCUT2D eigenvalue weighted by molar-refractivity contribution is -0.385. The van der Waals surface area contributed by atoms with Gasteiger partial charge in [-0.15, -0.1) is 0 Å². The van der Waals surface area contributed by atoms with E-state index in [-0.39, 0.29) is 16.4 Å². The van der Waals surface area contributed by atoms with Gasteiger partial charge in [-0.2, -0.15) is 0 Å². The van der Waals surface area contributed by atoms with Crippen molar-refractivity contribution >= 4 is 11.4 Å². The van der Waals surface area contributed by atoms with Crippen molar-refractivity contribution in [2.24, 2.45) is 0 Å². The average molecular weight is 272 g/mol. The number of nitro benzene ring substituents is 1. The highest BCUT2D eigenvalue weighted by molar-refractivity contribution is 5.53. The van der Waals surface area contributed by atoms with Gasteiger partial charge in [0.05, 0.1) is 4.92 Å². The zero-order valence-corrected chi connectivity index (χ0v) is 11.2. The van der Waals surface area contributed by atoms with Crippen molar-refractivity contribution < 1.29 is 10.0 Å². The van der Waals surface area contributed by atoms with Gasteiger partial charge in [0.2, 0.25) is 0 Å². The molecule has 5 nitrogen and oxygen atoms in total. The summed E-state index contributed by atoms with van der Waals surface area (Å²) in [6.45, 7) is 2.45. The molecular weight excluding hydrogens is 256 g/mol. The molecular formula is C15H16N2O3. The van der Waals surface area contributed by atoms with Crippen LogP contribution in [0.3, 0.4) is 0 Å². The number of anilines is 1. The summed E-state index contributed by atoms with van der Waals surface area (Å²) >= 11 is 0. The highest BCUT2D eigenvalue weighted by Gasteiger charge is 2.09. The quantitative estimate of drug-likeness (QED) is 0.647. The van der Waals surface area contributed by atoms with Gasteiger partial charge in [-0.1, -0.05) is 12.1 Å². The summed E-state index contributed by atoms with van der Waals surface area (Å²) in [6, 6.07) is 12.1. The number of nitro groups is 1. The first-order valence-electron chi connectivity index (χ1n) is 6.33. The monoisotopic (exact) mass is 272 g/mol. The van der Waals surface area contributed by atoms with Gasteiger partial charge in [0.25, 0.3) is 5.69 Å². The topological polar surface area (TPSA) is 75.4 Å². The molecule has 2 N–H and O–H groups in total. The Morgan fingerprint density at radius 2 is 1.90 bits per heavy atom. The van der Waals surface area contributed by atoms with E-state index in [9.17, 15) is 15.2 Å². The molecule has 0 bridgehead atoms. The number of aromatic hydroxyl groups is 1. The van der Waals surface area contributed by atoms with Crippen molar-refractivity contribution in [3.8, 4) is 5.75 Å². The van der Waals surface area contributed by atoms with Crippen LogP contribution in [-0.2, 0) is 6.42 Å². The summed E-state index contributed by atoms with van der Waals surface area (Å²) in [7, 11) is 0. The maximum absolute atomic E-state index is 10.7. The summed E-state index contributed by atoms with van der Waals surface area (Å²) in [5, 5.41) is 23.1. The van der Waals surface area contributed by atoms with Gasteiger partial charge in [0, 0.05) is 23.9 Å². The number of hydrogen-bond donors (Lipinski definition) is 2. The van der Waals surface area contributed by atoms with E-state index in [1.807, 2.05) is 12.1 Å². The Balaban J connectivity index is 1.92. The van der Waals surface area contributed by atoms with Gasteiger partial charge in [-0.05, 0) is 43.2 Å². The molecule has 0 unspecified atom stereocenters. The smallest absolute Gasteiger partial charge is 0.272 e. The third-order valence-corrected chi connectivity index (χ3v) is 3.07. The number of benzene rings is 2. The van der Waals surface area contributed by atoms with Gasteiger partial charge < -0.3 is 10.4 Å². The molecule has 2 rings (SSSR count). The maximum Gasteiger partial charge on any atom is 0.272 e. The molecule has 0 aliphatic carbocycles. The molecule has 20 heavy (non-hydrogen) atoms. The minimum absolute atomic E-state index is 0.133. The second-order valence-corrected chi connectivity index (χ2v) is 4.60. The van der Waals surface area contributed by atoms with Crippen LogP contribution in [0.5, 0.6) is 5.75 Å². The van der Waals surface area contributed by atoms with Crippen LogP contribution in [0.2, 0.25) is 0 Å². The summed E-state index contributed by atoms with van der Waals surface area (Å²) in [5.74, 6) is 0.257. The SMILES string of the molecule is Cc1cc(NCCc2ccc(O)cc2)ccc1[N+](=O)[O-]. The van der Waals surface area contributed by atoms with E-state index < -0.39 is 0 Å². The van der Waals surface area contributed by atoms with Crippen LogP contribution in [0, 0.1) is 17.0 Å². The first kappa shape index (κ1) is 13.9. The van der Waals surface area contributed by atoms with Crippen LogP contribution in [0.15, 0.2) is 42.5 Å². The predicted octanol–water partition coefficient (Wildman–Crippen LogP) is 3.26. The van der Waals surface area contributed by atoms with Crippen molar-refractivity contribution in [2.75, 3.05) is 11.9 Å². The van der Waals surface area contributed by atoms with Crippen LogP contribution in [-0.4, -0.2) is 16.6 Å². The number of phenolic OH excluding ortho intramolecular Hbond substituents is 1. The zero-order valence-electron chi connectivity index (χ0n) is 11.2. The van der Waals surface area contributed by atoms with Crippen molar-refractivity contribution in [3.05, 3.63) is 63.7 Å². The average Bonchev–Trinajstić information content (AvgIpc) is 2.41. The van der Waals surface area contributed by atoms with Crippen LogP contribution in [0.25, 0.3) is 0 Å². The summed E-state index contributed by atoms with van der Waals surface area (Å²) in [4.78, 5) is 10.3. The third-order valence-electron chi connectivity index (χ3n) is 3.07. The second kappa shape index (κ2) is 6.06. The van der Waals surface area contributed by atoms with Crippen LogP contribution >= 0.6 is 0 Å². The molecule has 0 atom stereocenters. The lowest BCUT2D eigenvalue weighted by Crippen LogP contribution is -2.05. The Labute approximate surface area is 117 Å².